The molecule has 0 radical (unpaired) electrons. The zero-order valence-electron chi connectivity index (χ0n) is 13.2. The molecule has 3 aromatic rings. The molecule has 0 saturated carbocycles. The molecule has 0 unspecified atom stereocenters. The number of nitrogens with one attached hydrogen (secondary N) is 1. The van der Waals surface area contributed by atoms with Crippen molar-refractivity contribution < 1.29 is 13.9 Å². The summed E-state index contributed by atoms with van der Waals surface area (Å²) in [4.78, 5) is 16.5. The molecule has 0 bridgehead atoms. The second kappa shape index (κ2) is 8.03. The Kier molecular flexibility index (Phi) is 5.78. The van der Waals surface area contributed by atoms with E-state index in [1.807, 2.05) is 25.1 Å². The lowest BCUT2D eigenvalue weighted by Gasteiger charge is -2.05. The normalized spacial score (nSPS) is 10.8. The van der Waals surface area contributed by atoms with Crippen LogP contribution in [-0.2, 0) is 4.79 Å². The molecule has 0 spiro atoms. The van der Waals surface area contributed by atoms with Crippen LogP contribution in [0.1, 0.15) is 6.92 Å². The van der Waals surface area contributed by atoms with E-state index in [2.05, 4.69) is 10.3 Å². The number of thiazole rings is 1. The third-order valence-corrected chi connectivity index (χ3v) is 5.58. The van der Waals surface area contributed by atoms with Crippen LogP contribution in [0, 0.1) is 5.82 Å². The quantitative estimate of drug-likeness (QED) is 0.580. The summed E-state index contributed by atoms with van der Waals surface area (Å²) in [6.45, 7) is 2.54. The summed E-state index contributed by atoms with van der Waals surface area (Å²) in [7, 11) is 0. The first kappa shape index (κ1) is 18.0. The van der Waals surface area contributed by atoms with E-state index in [4.69, 9.17) is 16.3 Å². The van der Waals surface area contributed by atoms with Crippen molar-refractivity contribution in [1.29, 1.82) is 0 Å². The Labute approximate surface area is 157 Å². The van der Waals surface area contributed by atoms with Gasteiger partial charge in [0.1, 0.15) is 11.6 Å². The van der Waals surface area contributed by atoms with Crippen LogP contribution in [0.15, 0.2) is 40.7 Å². The molecular weight excluding hydrogens is 383 g/mol. The lowest BCUT2D eigenvalue weighted by molar-refractivity contribution is -0.113. The first-order valence-corrected chi connectivity index (χ1v) is 9.64. The SMILES string of the molecule is CCOc1ccc2nc(SCC(=O)Nc3ccc(Cl)cc3F)sc2c1. The number of amides is 1. The van der Waals surface area contributed by atoms with E-state index >= 15 is 0 Å². The number of halogens is 2. The minimum absolute atomic E-state index is 0.112. The van der Waals surface area contributed by atoms with Gasteiger partial charge < -0.3 is 10.1 Å². The maximum absolute atomic E-state index is 13.7. The number of fused-ring (bicyclic) bond motifs is 1. The number of ether oxygens (including phenoxy) is 1. The number of carbonyl (C=O) groups excluding carboxylic acids is 1. The molecule has 0 aliphatic carbocycles. The highest BCUT2D eigenvalue weighted by atomic mass is 35.5. The largest absolute Gasteiger partial charge is 0.494 e. The van der Waals surface area contributed by atoms with Gasteiger partial charge in [0.2, 0.25) is 5.91 Å². The maximum Gasteiger partial charge on any atom is 0.234 e. The number of thioether (sulfide) groups is 1. The molecule has 0 aliphatic heterocycles. The average molecular weight is 397 g/mol. The zero-order valence-corrected chi connectivity index (χ0v) is 15.6. The monoisotopic (exact) mass is 396 g/mol. The molecule has 0 atom stereocenters. The van der Waals surface area contributed by atoms with Crippen LogP contribution >= 0.6 is 34.7 Å². The molecule has 0 saturated heterocycles. The van der Waals surface area contributed by atoms with E-state index in [0.29, 0.717) is 6.61 Å². The van der Waals surface area contributed by atoms with Crippen LogP contribution in [0.5, 0.6) is 5.75 Å². The number of hydrogen-bond acceptors (Lipinski definition) is 5. The van der Waals surface area contributed by atoms with Crippen molar-refractivity contribution in [3.05, 3.63) is 47.2 Å². The van der Waals surface area contributed by atoms with E-state index in [0.717, 1.165) is 26.4 Å². The molecule has 2 aromatic carbocycles. The van der Waals surface area contributed by atoms with Gasteiger partial charge in [-0.1, -0.05) is 23.4 Å². The molecule has 1 heterocycles. The van der Waals surface area contributed by atoms with Gasteiger partial charge in [-0.15, -0.1) is 11.3 Å². The minimum Gasteiger partial charge on any atom is -0.494 e. The fourth-order valence-corrected chi connectivity index (χ4v) is 4.16. The van der Waals surface area contributed by atoms with E-state index in [9.17, 15) is 9.18 Å². The predicted octanol–water partition coefficient (Wildman–Crippen LogP) is 5.22. The second-order valence-corrected chi connectivity index (χ2v) is 7.69. The fourth-order valence-electron chi connectivity index (χ4n) is 2.11. The molecule has 8 heteroatoms. The number of aromatic nitrogens is 1. The minimum atomic E-state index is -0.561. The molecule has 4 nitrogen and oxygen atoms in total. The molecule has 1 amide bonds. The number of anilines is 1. The molecule has 0 aliphatic rings. The van der Waals surface area contributed by atoms with Crippen LogP contribution in [-0.4, -0.2) is 23.3 Å². The number of rotatable bonds is 6. The van der Waals surface area contributed by atoms with Gasteiger partial charge in [-0.25, -0.2) is 9.37 Å². The third-order valence-electron chi connectivity index (χ3n) is 3.18. The van der Waals surface area contributed by atoms with Gasteiger partial charge in [0, 0.05) is 5.02 Å². The highest BCUT2D eigenvalue weighted by molar-refractivity contribution is 8.01. The lowest BCUT2D eigenvalue weighted by Crippen LogP contribution is -2.14. The molecule has 0 fully saturated rings. The number of hydrogen-bond donors (Lipinski definition) is 1. The number of benzene rings is 2. The smallest absolute Gasteiger partial charge is 0.234 e. The summed E-state index contributed by atoms with van der Waals surface area (Å²) in [5, 5.41) is 2.81. The Morgan fingerprint density at radius 3 is 2.96 bits per heavy atom. The van der Waals surface area contributed by atoms with E-state index in [1.54, 1.807) is 0 Å². The van der Waals surface area contributed by atoms with Gasteiger partial charge in [-0.3, -0.25) is 4.79 Å². The summed E-state index contributed by atoms with van der Waals surface area (Å²) in [6, 6.07) is 9.82. The fraction of sp³-hybridized carbons (Fsp3) is 0.176. The maximum atomic E-state index is 13.7. The van der Waals surface area contributed by atoms with Crippen molar-refractivity contribution >= 4 is 56.5 Å². The van der Waals surface area contributed by atoms with Gasteiger partial charge in [0.05, 0.1) is 28.3 Å². The van der Waals surface area contributed by atoms with Crippen molar-refractivity contribution in [2.45, 2.75) is 11.3 Å². The molecule has 1 aromatic heterocycles. The molecule has 25 heavy (non-hydrogen) atoms. The van der Waals surface area contributed by atoms with Crippen molar-refractivity contribution in [3.63, 3.8) is 0 Å². The Bertz CT molecular complexity index is 917. The molecule has 130 valence electrons. The Balaban J connectivity index is 1.62. The van der Waals surface area contributed by atoms with Crippen LogP contribution < -0.4 is 10.1 Å². The van der Waals surface area contributed by atoms with Crippen LogP contribution in [0.3, 0.4) is 0 Å². The summed E-state index contributed by atoms with van der Waals surface area (Å²) < 4.78 is 20.9. The summed E-state index contributed by atoms with van der Waals surface area (Å²) in [5.74, 6) is 0.0705. The van der Waals surface area contributed by atoms with Gasteiger partial charge in [0.15, 0.2) is 4.34 Å². The molecule has 1 N–H and O–H groups in total. The van der Waals surface area contributed by atoms with Crippen molar-refractivity contribution in [2.24, 2.45) is 0 Å². The van der Waals surface area contributed by atoms with Crippen LogP contribution in [0.2, 0.25) is 5.02 Å². The first-order chi connectivity index (χ1) is 12.0. The topological polar surface area (TPSA) is 51.2 Å². The molecule has 3 rings (SSSR count). The Hall–Kier alpha value is -1.83. The van der Waals surface area contributed by atoms with Gasteiger partial charge in [-0.05, 0) is 43.3 Å². The summed E-state index contributed by atoms with van der Waals surface area (Å²) >= 11 is 8.49. The lowest BCUT2D eigenvalue weighted by atomic mass is 10.3. The zero-order chi connectivity index (χ0) is 17.8. The van der Waals surface area contributed by atoms with Gasteiger partial charge in [-0.2, -0.15) is 0 Å². The van der Waals surface area contributed by atoms with E-state index < -0.39 is 5.82 Å². The van der Waals surface area contributed by atoms with Crippen molar-refractivity contribution in [1.82, 2.24) is 4.98 Å². The third kappa shape index (κ3) is 4.62. The first-order valence-electron chi connectivity index (χ1n) is 7.46. The van der Waals surface area contributed by atoms with Gasteiger partial charge in [0.25, 0.3) is 0 Å². The van der Waals surface area contributed by atoms with E-state index in [-0.39, 0.29) is 22.4 Å². The predicted molar refractivity (Wildman–Crippen MR) is 102 cm³/mol. The van der Waals surface area contributed by atoms with Crippen molar-refractivity contribution in [2.75, 3.05) is 17.7 Å². The molecular formula is C17H14ClFN2O2S2. The Morgan fingerprint density at radius 2 is 2.20 bits per heavy atom. The van der Waals surface area contributed by atoms with Crippen LogP contribution in [0.25, 0.3) is 10.2 Å². The summed E-state index contributed by atoms with van der Waals surface area (Å²) in [6.07, 6.45) is 0. The Morgan fingerprint density at radius 1 is 1.36 bits per heavy atom. The van der Waals surface area contributed by atoms with E-state index in [1.165, 1.54) is 35.2 Å². The van der Waals surface area contributed by atoms with Crippen LogP contribution in [0.4, 0.5) is 10.1 Å². The van der Waals surface area contributed by atoms with Crippen molar-refractivity contribution in [3.8, 4) is 5.75 Å². The second-order valence-electron chi connectivity index (χ2n) is 5.00. The highest BCUT2D eigenvalue weighted by Crippen LogP contribution is 2.32. The van der Waals surface area contributed by atoms with Gasteiger partial charge >= 0.3 is 0 Å². The number of nitrogens with zero attached hydrogens (tertiary/aromatic N) is 1. The number of carbonyl (C=O) groups is 1. The summed E-state index contributed by atoms with van der Waals surface area (Å²) in [5.41, 5.74) is 0.973. The highest BCUT2D eigenvalue weighted by Gasteiger charge is 2.11. The standard InChI is InChI=1S/C17H14ClFN2O2S2/c1-2-23-11-4-6-14-15(8-11)25-17(21-14)24-9-16(22)20-13-5-3-10(18)7-12(13)19/h3-8H,2,9H2,1H3,(H,20,22). The average Bonchev–Trinajstić information content (AvgIpc) is 2.98.